The van der Waals surface area contributed by atoms with Crippen LogP contribution in [0.3, 0.4) is 0 Å². The van der Waals surface area contributed by atoms with Crippen LogP contribution in [0.25, 0.3) is 11.0 Å². The van der Waals surface area contributed by atoms with E-state index in [1.165, 1.54) is 32.1 Å². The lowest BCUT2D eigenvalue weighted by Crippen LogP contribution is -2.11. The fraction of sp³-hybridized carbons (Fsp3) is 0.462. The van der Waals surface area contributed by atoms with Crippen LogP contribution in [0.4, 0.5) is 0 Å². The SMILES string of the molecule is Clc1cc2ncn(C3CCCCC3)c2cc1Cl. The molecule has 1 aromatic heterocycles. The Bertz CT molecular complexity index is 542. The molecule has 1 aromatic carbocycles. The summed E-state index contributed by atoms with van der Waals surface area (Å²) in [4.78, 5) is 4.42. The third kappa shape index (κ3) is 2.04. The van der Waals surface area contributed by atoms with Gasteiger partial charge in [0.15, 0.2) is 0 Å². The molecule has 0 spiro atoms. The Morgan fingerprint density at radius 3 is 2.53 bits per heavy atom. The number of halogens is 2. The zero-order chi connectivity index (χ0) is 11.8. The molecule has 1 fully saturated rings. The van der Waals surface area contributed by atoms with Crippen molar-refractivity contribution < 1.29 is 0 Å². The van der Waals surface area contributed by atoms with Crippen molar-refractivity contribution in [1.29, 1.82) is 0 Å². The molecule has 1 aliphatic rings. The van der Waals surface area contributed by atoms with E-state index >= 15 is 0 Å². The Morgan fingerprint density at radius 2 is 1.76 bits per heavy atom. The van der Waals surface area contributed by atoms with Crippen LogP contribution in [0.15, 0.2) is 18.5 Å². The van der Waals surface area contributed by atoms with E-state index in [1.807, 2.05) is 18.5 Å². The molecule has 0 radical (unpaired) electrons. The first kappa shape index (κ1) is 11.4. The highest BCUT2D eigenvalue weighted by atomic mass is 35.5. The van der Waals surface area contributed by atoms with Gasteiger partial charge in [-0.2, -0.15) is 0 Å². The van der Waals surface area contributed by atoms with Crippen molar-refractivity contribution in [3.63, 3.8) is 0 Å². The maximum atomic E-state index is 6.08. The Kier molecular flexibility index (Phi) is 3.01. The normalized spacial score (nSPS) is 17.8. The van der Waals surface area contributed by atoms with Gasteiger partial charge in [-0.25, -0.2) is 4.98 Å². The summed E-state index contributed by atoms with van der Waals surface area (Å²) in [5.41, 5.74) is 2.04. The summed E-state index contributed by atoms with van der Waals surface area (Å²) in [6.45, 7) is 0. The molecule has 4 heteroatoms. The minimum atomic E-state index is 0.575. The zero-order valence-electron chi connectivity index (χ0n) is 9.50. The first-order chi connectivity index (χ1) is 8.25. The number of nitrogens with zero attached hydrogens (tertiary/aromatic N) is 2. The molecule has 1 heterocycles. The monoisotopic (exact) mass is 268 g/mol. The average molecular weight is 269 g/mol. The Hall–Kier alpha value is -0.730. The standard InChI is InChI=1S/C13H14Cl2N2/c14-10-6-12-13(7-11(10)15)17(8-16-12)9-4-2-1-3-5-9/h6-9H,1-5H2. The van der Waals surface area contributed by atoms with Gasteiger partial charge in [-0.3, -0.25) is 0 Å². The van der Waals surface area contributed by atoms with Crippen molar-refractivity contribution >= 4 is 34.2 Å². The van der Waals surface area contributed by atoms with Gasteiger partial charge in [0.1, 0.15) is 0 Å². The van der Waals surface area contributed by atoms with Crippen LogP contribution in [0.5, 0.6) is 0 Å². The van der Waals surface area contributed by atoms with Gasteiger partial charge in [-0.05, 0) is 25.0 Å². The minimum absolute atomic E-state index is 0.575. The summed E-state index contributed by atoms with van der Waals surface area (Å²) < 4.78 is 2.26. The predicted octanol–water partition coefficient (Wildman–Crippen LogP) is 4.85. The maximum absolute atomic E-state index is 6.08. The molecule has 90 valence electrons. The number of hydrogen-bond donors (Lipinski definition) is 0. The molecule has 0 atom stereocenters. The van der Waals surface area contributed by atoms with E-state index < -0.39 is 0 Å². The highest BCUT2D eigenvalue weighted by Gasteiger charge is 2.17. The summed E-state index contributed by atoms with van der Waals surface area (Å²) in [6.07, 6.45) is 8.39. The number of benzene rings is 1. The molecule has 0 amide bonds. The van der Waals surface area contributed by atoms with Crippen LogP contribution >= 0.6 is 23.2 Å². The number of aromatic nitrogens is 2. The quantitative estimate of drug-likeness (QED) is 0.723. The lowest BCUT2D eigenvalue weighted by molar-refractivity contribution is 0.359. The molecule has 17 heavy (non-hydrogen) atoms. The molecule has 3 rings (SSSR count). The van der Waals surface area contributed by atoms with Gasteiger partial charge in [0.25, 0.3) is 0 Å². The van der Waals surface area contributed by atoms with Crippen molar-refractivity contribution in [2.75, 3.05) is 0 Å². The van der Waals surface area contributed by atoms with Gasteiger partial charge in [-0.15, -0.1) is 0 Å². The number of imidazole rings is 1. The van der Waals surface area contributed by atoms with Crippen molar-refractivity contribution in [2.24, 2.45) is 0 Å². The van der Waals surface area contributed by atoms with Crippen molar-refractivity contribution in [3.8, 4) is 0 Å². The van der Waals surface area contributed by atoms with Crippen molar-refractivity contribution in [2.45, 2.75) is 38.1 Å². The topological polar surface area (TPSA) is 17.8 Å². The Labute approximate surface area is 111 Å². The Morgan fingerprint density at radius 1 is 1.06 bits per heavy atom. The third-order valence-electron chi connectivity index (χ3n) is 3.58. The largest absolute Gasteiger partial charge is 0.327 e. The molecule has 0 aliphatic heterocycles. The molecular weight excluding hydrogens is 255 g/mol. The van der Waals surface area contributed by atoms with Crippen LogP contribution in [0, 0.1) is 0 Å². The van der Waals surface area contributed by atoms with Crippen LogP contribution in [-0.2, 0) is 0 Å². The highest BCUT2D eigenvalue weighted by Crippen LogP contribution is 2.33. The molecular formula is C13H14Cl2N2. The Balaban J connectivity index is 2.07. The van der Waals surface area contributed by atoms with Crippen LogP contribution in [-0.4, -0.2) is 9.55 Å². The second-order valence-corrected chi connectivity index (χ2v) is 5.51. The van der Waals surface area contributed by atoms with E-state index in [0.717, 1.165) is 11.0 Å². The number of fused-ring (bicyclic) bond motifs is 1. The van der Waals surface area contributed by atoms with Gasteiger partial charge in [0, 0.05) is 6.04 Å². The average Bonchev–Trinajstić information content (AvgIpc) is 2.74. The highest BCUT2D eigenvalue weighted by molar-refractivity contribution is 6.42. The zero-order valence-corrected chi connectivity index (χ0v) is 11.0. The molecule has 0 bridgehead atoms. The molecule has 2 nitrogen and oxygen atoms in total. The van der Waals surface area contributed by atoms with E-state index in [1.54, 1.807) is 0 Å². The van der Waals surface area contributed by atoms with Gasteiger partial charge < -0.3 is 4.57 Å². The summed E-state index contributed by atoms with van der Waals surface area (Å²) in [5, 5.41) is 1.18. The first-order valence-corrected chi connectivity index (χ1v) is 6.83. The fourth-order valence-electron chi connectivity index (χ4n) is 2.67. The van der Waals surface area contributed by atoms with Gasteiger partial charge in [-0.1, -0.05) is 42.5 Å². The number of hydrogen-bond acceptors (Lipinski definition) is 1. The van der Waals surface area contributed by atoms with Crippen molar-refractivity contribution in [1.82, 2.24) is 9.55 Å². The summed E-state index contributed by atoms with van der Waals surface area (Å²) in [5.74, 6) is 0. The molecule has 0 unspecified atom stereocenters. The van der Waals surface area contributed by atoms with Gasteiger partial charge >= 0.3 is 0 Å². The second kappa shape index (κ2) is 4.51. The van der Waals surface area contributed by atoms with Gasteiger partial charge in [0.05, 0.1) is 27.4 Å². The molecule has 1 saturated carbocycles. The van der Waals surface area contributed by atoms with E-state index in [-0.39, 0.29) is 0 Å². The van der Waals surface area contributed by atoms with Crippen LogP contribution in [0.2, 0.25) is 10.0 Å². The first-order valence-electron chi connectivity index (χ1n) is 6.07. The fourth-order valence-corrected chi connectivity index (χ4v) is 2.99. The third-order valence-corrected chi connectivity index (χ3v) is 4.31. The number of rotatable bonds is 1. The summed E-state index contributed by atoms with van der Waals surface area (Å²) in [7, 11) is 0. The molecule has 1 aliphatic carbocycles. The maximum Gasteiger partial charge on any atom is 0.0960 e. The molecule has 2 aromatic rings. The summed E-state index contributed by atoms with van der Waals surface area (Å²) >= 11 is 12.1. The summed E-state index contributed by atoms with van der Waals surface area (Å²) in [6, 6.07) is 4.35. The lowest BCUT2D eigenvalue weighted by Gasteiger charge is -2.23. The van der Waals surface area contributed by atoms with Crippen LogP contribution < -0.4 is 0 Å². The van der Waals surface area contributed by atoms with E-state index in [0.29, 0.717) is 16.1 Å². The predicted molar refractivity (Wildman–Crippen MR) is 71.9 cm³/mol. The smallest absolute Gasteiger partial charge is 0.0960 e. The minimum Gasteiger partial charge on any atom is -0.327 e. The van der Waals surface area contributed by atoms with E-state index in [2.05, 4.69) is 9.55 Å². The van der Waals surface area contributed by atoms with Gasteiger partial charge in [0.2, 0.25) is 0 Å². The second-order valence-electron chi connectivity index (χ2n) is 4.70. The molecule has 0 saturated heterocycles. The lowest BCUT2D eigenvalue weighted by atomic mass is 9.95. The van der Waals surface area contributed by atoms with Crippen molar-refractivity contribution in [3.05, 3.63) is 28.5 Å². The van der Waals surface area contributed by atoms with Crippen LogP contribution in [0.1, 0.15) is 38.1 Å². The molecule has 0 N–H and O–H groups in total. The van der Waals surface area contributed by atoms with E-state index in [4.69, 9.17) is 23.2 Å². The van der Waals surface area contributed by atoms with E-state index in [9.17, 15) is 0 Å².